The highest BCUT2D eigenvalue weighted by atomic mass is 16.5. The highest BCUT2D eigenvalue weighted by Crippen LogP contribution is 2.16. The second kappa shape index (κ2) is 6.93. The van der Waals surface area contributed by atoms with E-state index in [1.807, 2.05) is 48.9 Å². The highest BCUT2D eigenvalue weighted by molar-refractivity contribution is 5.72. The molecule has 0 aliphatic carbocycles. The number of rotatable bonds is 5. The van der Waals surface area contributed by atoms with Crippen molar-refractivity contribution in [3.63, 3.8) is 0 Å². The lowest BCUT2D eigenvalue weighted by molar-refractivity contribution is -0.119. The minimum Gasteiger partial charge on any atom is -0.483 e. The van der Waals surface area contributed by atoms with Gasteiger partial charge in [0.05, 0.1) is 12.2 Å². The number of pyridine rings is 1. The molecule has 1 aromatic heterocycles. The molecule has 5 nitrogen and oxygen atoms in total. The van der Waals surface area contributed by atoms with Crippen LogP contribution in [-0.4, -0.2) is 10.5 Å². The van der Waals surface area contributed by atoms with Crippen molar-refractivity contribution in [2.75, 3.05) is 0 Å². The first kappa shape index (κ1) is 15.8. The lowest BCUT2D eigenvalue weighted by atomic mass is 10.2. The number of amides is 1. The third kappa shape index (κ3) is 3.75. The van der Waals surface area contributed by atoms with Gasteiger partial charge in [0.2, 0.25) is 11.3 Å². The molecule has 0 spiro atoms. The van der Waals surface area contributed by atoms with Gasteiger partial charge in [-0.1, -0.05) is 30.3 Å². The van der Waals surface area contributed by atoms with E-state index in [1.54, 1.807) is 0 Å². The zero-order valence-corrected chi connectivity index (χ0v) is 13.1. The van der Waals surface area contributed by atoms with Crippen LogP contribution in [0.2, 0.25) is 0 Å². The summed E-state index contributed by atoms with van der Waals surface area (Å²) in [4.78, 5) is 23.4. The number of nitrogens with zero attached hydrogens (tertiary/aromatic N) is 1. The Morgan fingerprint density at radius 3 is 2.59 bits per heavy atom. The van der Waals surface area contributed by atoms with Gasteiger partial charge >= 0.3 is 0 Å². The maximum atomic E-state index is 12.2. The molecule has 116 valence electrons. The molecule has 0 saturated carbocycles. The molecular formula is C17H20N2O3. The molecule has 1 aromatic carbocycles. The summed E-state index contributed by atoms with van der Waals surface area (Å²) in [5, 5.41) is 2.72. The largest absolute Gasteiger partial charge is 0.483 e. The first-order chi connectivity index (χ1) is 10.5. The zero-order chi connectivity index (χ0) is 16.1. The van der Waals surface area contributed by atoms with Crippen LogP contribution in [0.4, 0.5) is 0 Å². The predicted molar refractivity (Wildman–Crippen MR) is 84.7 cm³/mol. The molecule has 0 bridgehead atoms. The fourth-order valence-electron chi connectivity index (χ4n) is 2.15. The van der Waals surface area contributed by atoms with Crippen LogP contribution < -0.4 is 15.5 Å². The minimum absolute atomic E-state index is 0.150. The lowest BCUT2D eigenvalue weighted by Crippen LogP contribution is -2.25. The third-order valence-electron chi connectivity index (χ3n) is 3.49. The van der Waals surface area contributed by atoms with E-state index in [1.165, 1.54) is 13.0 Å². The first-order valence-electron chi connectivity index (χ1n) is 7.09. The predicted octanol–water partition coefficient (Wildman–Crippen LogP) is 1.91. The van der Waals surface area contributed by atoms with E-state index in [2.05, 4.69) is 5.32 Å². The Balaban J connectivity index is 2.30. The average molecular weight is 300 g/mol. The number of aryl methyl sites for hydroxylation is 1. The van der Waals surface area contributed by atoms with Gasteiger partial charge in [0.15, 0.2) is 5.75 Å². The Hall–Kier alpha value is -2.56. The minimum atomic E-state index is -0.174. The maximum absolute atomic E-state index is 12.2. The summed E-state index contributed by atoms with van der Waals surface area (Å²) in [5.41, 5.74) is 2.29. The lowest BCUT2D eigenvalue weighted by Gasteiger charge is -2.17. The van der Waals surface area contributed by atoms with Gasteiger partial charge in [-0.25, -0.2) is 0 Å². The number of nitrogens with one attached hydrogen (secondary N) is 1. The topological polar surface area (TPSA) is 60.3 Å². The van der Waals surface area contributed by atoms with Gasteiger partial charge in [0, 0.05) is 25.7 Å². The van der Waals surface area contributed by atoms with Crippen molar-refractivity contribution in [2.45, 2.75) is 27.0 Å². The van der Waals surface area contributed by atoms with Crippen molar-refractivity contribution in [1.82, 2.24) is 9.88 Å². The Bertz CT molecular complexity index is 721. The molecule has 2 rings (SSSR count). The van der Waals surface area contributed by atoms with Crippen molar-refractivity contribution >= 4 is 5.91 Å². The summed E-state index contributed by atoms with van der Waals surface area (Å²) in [6, 6.07) is 11.2. The number of benzene rings is 1. The molecule has 0 radical (unpaired) electrons. The number of aromatic nitrogens is 1. The van der Waals surface area contributed by atoms with Crippen LogP contribution in [0.15, 0.2) is 41.2 Å². The van der Waals surface area contributed by atoms with Crippen LogP contribution >= 0.6 is 0 Å². The number of ether oxygens (including phenoxy) is 1. The third-order valence-corrected chi connectivity index (χ3v) is 3.49. The van der Waals surface area contributed by atoms with E-state index in [9.17, 15) is 9.59 Å². The summed E-state index contributed by atoms with van der Waals surface area (Å²) in [6.07, 6.45) is 0. The van der Waals surface area contributed by atoms with Crippen molar-refractivity contribution in [2.24, 2.45) is 7.05 Å². The molecule has 1 amide bonds. The van der Waals surface area contributed by atoms with Crippen molar-refractivity contribution in [3.8, 4) is 5.75 Å². The van der Waals surface area contributed by atoms with E-state index < -0.39 is 0 Å². The van der Waals surface area contributed by atoms with E-state index in [0.29, 0.717) is 12.3 Å². The van der Waals surface area contributed by atoms with Crippen molar-refractivity contribution in [1.29, 1.82) is 0 Å². The van der Waals surface area contributed by atoms with Gasteiger partial charge in [-0.15, -0.1) is 0 Å². The van der Waals surface area contributed by atoms with Gasteiger partial charge in [0.25, 0.3) is 0 Å². The number of hydrogen-bond donors (Lipinski definition) is 1. The summed E-state index contributed by atoms with van der Waals surface area (Å²) in [7, 11) is 1.85. The second-order valence-electron chi connectivity index (χ2n) is 5.17. The second-order valence-corrected chi connectivity index (χ2v) is 5.17. The van der Waals surface area contributed by atoms with E-state index >= 15 is 0 Å². The smallest absolute Gasteiger partial charge is 0.224 e. The van der Waals surface area contributed by atoms with Crippen LogP contribution in [0.5, 0.6) is 5.75 Å². The van der Waals surface area contributed by atoms with Crippen molar-refractivity contribution < 1.29 is 9.53 Å². The molecule has 0 saturated heterocycles. The maximum Gasteiger partial charge on any atom is 0.224 e. The molecule has 1 N–H and O–H groups in total. The molecule has 0 atom stereocenters. The fourth-order valence-corrected chi connectivity index (χ4v) is 2.15. The zero-order valence-electron chi connectivity index (χ0n) is 13.1. The summed E-state index contributed by atoms with van der Waals surface area (Å²) in [5.74, 6) is 0.133. The molecule has 0 fully saturated rings. The van der Waals surface area contributed by atoms with Gasteiger partial charge in [-0.2, -0.15) is 0 Å². The summed E-state index contributed by atoms with van der Waals surface area (Å²) < 4.78 is 7.60. The van der Waals surface area contributed by atoms with E-state index in [0.717, 1.165) is 11.3 Å². The number of carbonyl (C=O) groups excluding carboxylic acids is 1. The van der Waals surface area contributed by atoms with Gasteiger partial charge in [0.1, 0.15) is 6.61 Å². The van der Waals surface area contributed by atoms with Crippen molar-refractivity contribution in [3.05, 3.63) is 63.6 Å². The molecule has 5 heteroatoms. The summed E-state index contributed by atoms with van der Waals surface area (Å²) in [6.45, 7) is 3.86. The Morgan fingerprint density at radius 2 is 1.95 bits per heavy atom. The molecule has 2 aromatic rings. The number of carbonyl (C=O) groups is 1. The normalized spacial score (nSPS) is 10.3. The van der Waals surface area contributed by atoms with Gasteiger partial charge in [-0.05, 0) is 12.5 Å². The van der Waals surface area contributed by atoms with E-state index in [-0.39, 0.29) is 23.6 Å². The Labute approximate surface area is 129 Å². The quantitative estimate of drug-likeness (QED) is 0.917. The SMILES string of the molecule is CC(=O)NCc1c(OCc2ccccc2)c(=O)cc(C)n1C. The standard InChI is InChI=1S/C17H20N2O3/c1-12-9-16(21)17(15(19(12)3)10-18-13(2)20)22-11-14-7-5-4-6-8-14/h4-9H,10-11H2,1-3H3,(H,18,20). The Morgan fingerprint density at radius 1 is 1.27 bits per heavy atom. The summed E-state index contributed by atoms with van der Waals surface area (Å²) >= 11 is 0. The van der Waals surface area contributed by atoms with Crippen LogP contribution in [0.25, 0.3) is 0 Å². The number of hydrogen-bond acceptors (Lipinski definition) is 3. The Kier molecular flexibility index (Phi) is 4.99. The van der Waals surface area contributed by atoms with Crippen LogP contribution in [-0.2, 0) is 25.0 Å². The average Bonchev–Trinajstić information content (AvgIpc) is 2.49. The molecule has 0 unspecified atom stereocenters. The molecule has 22 heavy (non-hydrogen) atoms. The van der Waals surface area contributed by atoms with Crippen LogP contribution in [0, 0.1) is 6.92 Å². The van der Waals surface area contributed by atoms with Crippen LogP contribution in [0.1, 0.15) is 23.9 Å². The van der Waals surface area contributed by atoms with Gasteiger partial charge < -0.3 is 14.6 Å². The fraction of sp³-hybridized carbons (Fsp3) is 0.294. The van der Waals surface area contributed by atoms with Gasteiger partial charge in [-0.3, -0.25) is 9.59 Å². The molecular weight excluding hydrogens is 280 g/mol. The van der Waals surface area contributed by atoms with E-state index in [4.69, 9.17) is 4.74 Å². The first-order valence-corrected chi connectivity index (χ1v) is 7.09. The monoisotopic (exact) mass is 300 g/mol. The van der Waals surface area contributed by atoms with Crippen LogP contribution in [0.3, 0.4) is 0 Å². The highest BCUT2D eigenvalue weighted by Gasteiger charge is 2.14. The molecule has 0 aliphatic heterocycles. The molecule has 1 heterocycles. The molecule has 0 aliphatic rings.